The molecular weight excluding hydrogens is 360 g/mol. The Kier molecular flexibility index (Phi) is 5.48. The maximum atomic E-state index is 12.7. The molecule has 0 aliphatic carbocycles. The first-order chi connectivity index (χ1) is 13.3. The maximum absolute atomic E-state index is 12.7. The van der Waals surface area contributed by atoms with Crippen LogP contribution in [0.2, 0.25) is 0 Å². The minimum atomic E-state index is -1.01. The number of anilines is 2. The molecule has 0 bridgehead atoms. The van der Waals surface area contributed by atoms with E-state index in [1.54, 1.807) is 47.8 Å². The van der Waals surface area contributed by atoms with E-state index in [1.165, 1.54) is 6.92 Å². The van der Waals surface area contributed by atoms with Crippen molar-refractivity contribution < 1.29 is 19.1 Å². The summed E-state index contributed by atoms with van der Waals surface area (Å²) in [6.45, 7) is 5.72. The van der Waals surface area contributed by atoms with Gasteiger partial charge in [0.05, 0.1) is 28.3 Å². The number of hydrogen-bond donors (Lipinski definition) is 1. The molecule has 8 heteroatoms. The van der Waals surface area contributed by atoms with E-state index in [0.717, 1.165) is 12.1 Å². The van der Waals surface area contributed by atoms with Crippen molar-refractivity contribution in [3.63, 3.8) is 0 Å². The average molecular weight is 384 g/mol. The van der Waals surface area contributed by atoms with Gasteiger partial charge in [-0.25, -0.2) is 4.79 Å². The third kappa shape index (κ3) is 3.76. The predicted octanol–water partition coefficient (Wildman–Crippen LogP) is 2.35. The third-order valence-electron chi connectivity index (χ3n) is 4.90. The fourth-order valence-corrected chi connectivity index (χ4v) is 3.24. The number of nitrogens with zero attached hydrogens (tertiary/aromatic N) is 3. The van der Waals surface area contributed by atoms with Gasteiger partial charge in [0.25, 0.3) is 5.91 Å². The van der Waals surface area contributed by atoms with Gasteiger partial charge in [0.1, 0.15) is 0 Å². The first-order valence-corrected chi connectivity index (χ1v) is 9.21. The molecule has 0 radical (unpaired) electrons. The zero-order valence-corrected chi connectivity index (χ0v) is 16.5. The summed E-state index contributed by atoms with van der Waals surface area (Å²) in [4.78, 5) is 38.8. The summed E-state index contributed by atoms with van der Waals surface area (Å²) in [5, 5.41) is 7.02. The van der Waals surface area contributed by atoms with Crippen molar-refractivity contribution in [2.24, 2.45) is 7.05 Å². The van der Waals surface area contributed by atoms with Gasteiger partial charge in [0, 0.05) is 20.0 Å². The molecule has 0 unspecified atom stereocenters. The quantitative estimate of drug-likeness (QED) is 0.799. The largest absolute Gasteiger partial charge is 0.449 e. The van der Waals surface area contributed by atoms with Gasteiger partial charge in [0.2, 0.25) is 5.91 Å². The number of hydrogen-bond acceptors (Lipinski definition) is 5. The topological polar surface area (TPSA) is 93.5 Å². The molecule has 28 heavy (non-hydrogen) atoms. The maximum Gasteiger partial charge on any atom is 0.341 e. The monoisotopic (exact) mass is 384 g/mol. The molecule has 3 rings (SSSR count). The van der Waals surface area contributed by atoms with E-state index in [4.69, 9.17) is 4.74 Å². The number of ether oxygens (including phenoxy) is 1. The number of aryl methyl sites for hydroxylation is 2. The normalized spacial score (nSPS) is 14.9. The molecule has 1 aliphatic heterocycles. The average Bonchev–Trinajstić information content (AvgIpc) is 3.19. The smallest absolute Gasteiger partial charge is 0.341 e. The van der Waals surface area contributed by atoms with Crippen molar-refractivity contribution in [1.82, 2.24) is 9.78 Å². The number of amides is 2. The standard InChI is InChI=1S/C20H24N4O4/c1-12-18(13(2)23(4)22-12)21-19(26)14(3)28-20(27)15-8-5-6-9-16(15)24-11-7-10-17(24)25/h5-6,8-9,14H,7,10-11H2,1-4H3,(H,21,26)/t14-/m1/s1. The van der Waals surface area contributed by atoms with Crippen molar-refractivity contribution >= 4 is 29.2 Å². The molecule has 1 fully saturated rings. The van der Waals surface area contributed by atoms with Gasteiger partial charge >= 0.3 is 5.97 Å². The number of benzene rings is 1. The van der Waals surface area contributed by atoms with Crippen LogP contribution in [0.4, 0.5) is 11.4 Å². The number of aromatic nitrogens is 2. The fourth-order valence-electron chi connectivity index (χ4n) is 3.24. The molecule has 1 aromatic heterocycles. The number of rotatable bonds is 5. The minimum absolute atomic E-state index is 0.0198. The molecule has 1 aliphatic rings. The van der Waals surface area contributed by atoms with E-state index < -0.39 is 18.0 Å². The SMILES string of the molecule is Cc1nn(C)c(C)c1NC(=O)[C@@H](C)OC(=O)c1ccccc1N1CCCC1=O. The van der Waals surface area contributed by atoms with Crippen LogP contribution in [0.1, 0.15) is 41.5 Å². The molecule has 1 N–H and O–H groups in total. The molecule has 1 aromatic carbocycles. The van der Waals surface area contributed by atoms with Gasteiger partial charge in [-0.3, -0.25) is 14.3 Å². The first-order valence-electron chi connectivity index (χ1n) is 9.21. The Balaban J connectivity index is 1.72. The second kappa shape index (κ2) is 7.84. The van der Waals surface area contributed by atoms with Gasteiger partial charge in [-0.1, -0.05) is 12.1 Å². The van der Waals surface area contributed by atoms with Crippen molar-refractivity contribution in [3.8, 4) is 0 Å². The van der Waals surface area contributed by atoms with E-state index in [2.05, 4.69) is 10.4 Å². The second-order valence-electron chi connectivity index (χ2n) is 6.87. The Morgan fingerprint density at radius 2 is 1.96 bits per heavy atom. The number of carbonyl (C=O) groups is 3. The van der Waals surface area contributed by atoms with Crippen LogP contribution in [-0.2, 0) is 21.4 Å². The molecule has 148 valence electrons. The summed E-state index contributed by atoms with van der Waals surface area (Å²) < 4.78 is 7.05. The molecule has 0 spiro atoms. The van der Waals surface area contributed by atoms with Crippen LogP contribution in [0.15, 0.2) is 24.3 Å². The van der Waals surface area contributed by atoms with Gasteiger partial charge < -0.3 is 15.0 Å². The van der Waals surface area contributed by atoms with Gasteiger partial charge in [-0.15, -0.1) is 0 Å². The lowest BCUT2D eigenvalue weighted by molar-refractivity contribution is -0.123. The highest BCUT2D eigenvalue weighted by molar-refractivity contribution is 6.04. The van der Waals surface area contributed by atoms with E-state index in [0.29, 0.717) is 30.0 Å². The predicted molar refractivity (Wildman–Crippen MR) is 104 cm³/mol. The number of esters is 1. The van der Waals surface area contributed by atoms with E-state index in [1.807, 2.05) is 6.92 Å². The highest BCUT2D eigenvalue weighted by atomic mass is 16.5. The van der Waals surface area contributed by atoms with Crippen molar-refractivity contribution in [2.45, 2.75) is 39.7 Å². The van der Waals surface area contributed by atoms with Crippen LogP contribution in [0.25, 0.3) is 0 Å². The highest BCUT2D eigenvalue weighted by Gasteiger charge is 2.28. The van der Waals surface area contributed by atoms with Gasteiger partial charge in [-0.2, -0.15) is 5.10 Å². The van der Waals surface area contributed by atoms with Crippen LogP contribution in [-0.4, -0.2) is 40.2 Å². The number of carbonyl (C=O) groups excluding carboxylic acids is 3. The summed E-state index contributed by atoms with van der Waals surface area (Å²) in [7, 11) is 1.79. The van der Waals surface area contributed by atoms with Crippen molar-refractivity contribution in [3.05, 3.63) is 41.2 Å². The van der Waals surface area contributed by atoms with Crippen LogP contribution < -0.4 is 10.2 Å². The zero-order valence-electron chi connectivity index (χ0n) is 16.5. The van der Waals surface area contributed by atoms with Crippen LogP contribution in [0, 0.1) is 13.8 Å². The molecule has 1 saturated heterocycles. The van der Waals surface area contributed by atoms with E-state index in [9.17, 15) is 14.4 Å². The Hall–Kier alpha value is -3.16. The summed E-state index contributed by atoms with van der Waals surface area (Å²) in [5.41, 5.74) is 2.89. The summed E-state index contributed by atoms with van der Waals surface area (Å²) in [6, 6.07) is 6.78. The third-order valence-corrected chi connectivity index (χ3v) is 4.90. The Morgan fingerprint density at radius 3 is 2.57 bits per heavy atom. The van der Waals surface area contributed by atoms with E-state index in [-0.39, 0.29) is 11.5 Å². The molecule has 2 heterocycles. The lowest BCUT2D eigenvalue weighted by atomic mass is 10.1. The Morgan fingerprint density at radius 1 is 1.25 bits per heavy atom. The highest BCUT2D eigenvalue weighted by Crippen LogP contribution is 2.26. The summed E-state index contributed by atoms with van der Waals surface area (Å²) >= 11 is 0. The molecule has 1 atom stereocenters. The summed E-state index contributed by atoms with van der Waals surface area (Å²) in [5.74, 6) is -1.10. The molecule has 2 aromatic rings. The Bertz CT molecular complexity index is 934. The minimum Gasteiger partial charge on any atom is -0.449 e. The van der Waals surface area contributed by atoms with Crippen LogP contribution >= 0.6 is 0 Å². The van der Waals surface area contributed by atoms with Crippen LogP contribution in [0.5, 0.6) is 0 Å². The first kappa shape index (κ1) is 19.6. The number of para-hydroxylation sites is 1. The van der Waals surface area contributed by atoms with Gasteiger partial charge in [-0.05, 0) is 39.3 Å². The number of nitrogens with one attached hydrogen (secondary N) is 1. The van der Waals surface area contributed by atoms with Crippen molar-refractivity contribution in [2.75, 3.05) is 16.8 Å². The lowest BCUT2D eigenvalue weighted by Gasteiger charge is -2.20. The van der Waals surface area contributed by atoms with Crippen molar-refractivity contribution in [1.29, 1.82) is 0 Å². The zero-order chi connectivity index (χ0) is 20.4. The molecule has 2 amide bonds. The molecule has 0 saturated carbocycles. The summed E-state index contributed by atoms with van der Waals surface area (Å²) in [6.07, 6.45) is 0.213. The Labute approximate surface area is 163 Å². The lowest BCUT2D eigenvalue weighted by Crippen LogP contribution is -2.31. The molecular formula is C20H24N4O4. The second-order valence-corrected chi connectivity index (χ2v) is 6.87. The van der Waals surface area contributed by atoms with E-state index >= 15 is 0 Å². The fraction of sp³-hybridized carbons (Fsp3) is 0.400. The molecule has 8 nitrogen and oxygen atoms in total. The van der Waals surface area contributed by atoms with Gasteiger partial charge in [0.15, 0.2) is 6.10 Å². The van der Waals surface area contributed by atoms with Crippen LogP contribution in [0.3, 0.4) is 0 Å².